The number of carboxylic acid groups (broad SMARTS) is 2. The van der Waals surface area contributed by atoms with Crippen molar-refractivity contribution in [2.24, 2.45) is 5.92 Å². The molecule has 16 nitrogen and oxygen atoms in total. The third-order valence-corrected chi connectivity index (χ3v) is 12.1. The molecule has 0 radical (unpaired) electrons. The van der Waals surface area contributed by atoms with Crippen LogP contribution in [0.25, 0.3) is 0 Å². The molecule has 0 bridgehead atoms. The van der Waals surface area contributed by atoms with Crippen molar-refractivity contribution < 1.29 is 67.5 Å². The Kier molecular flexibility index (Phi) is 34.0. The van der Waals surface area contributed by atoms with Gasteiger partial charge < -0.3 is 44.5 Å². The number of carboxylic acids is 2. The summed E-state index contributed by atoms with van der Waals surface area (Å²) in [7, 11) is 0. The van der Waals surface area contributed by atoms with E-state index in [-0.39, 0.29) is 0 Å². The first-order chi connectivity index (χ1) is 31.6. The summed E-state index contributed by atoms with van der Waals surface area (Å²) in [4.78, 5) is 88.2. The van der Waals surface area contributed by atoms with Gasteiger partial charge in [0, 0.05) is 33.1 Å². The molecule has 0 aromatic carbocycles. The summed E-state index contributed by atoms with van der Waals surface area (Å²) in [5.74, 6) is -6.84. The number of rotatable bonds is 40. The summed E-state index contributed by atoms with van der Waals surface area (Å²) in [6.07, 6.45) is 21.8. The highest BCUT2D eigenvalue weighted by molar-refractivity contribution is 5.91. The van der Waals surface area contributed by atoms with Gasteiger partial charge in [0.2, 0.25) is 11.8 Å². The van der Waals surface area contributed by atoms with Crippen molar-refractivity contribution in [2.75, 3.05) is 6.61 Å². The topological polar surface area (TPSA) is 230 Å². The van der Waals surface area contributed by atoms with Crippen molar-refractivity contribution in [3.05, 3.63) is 0 Å². The van der Waals surface area contributed by atoms with Crippen molar-refractivity contribution in [3.63, 3.8) is 0 Å². The highest BCUT2D eigenvalue weighted by atomic mass is 16.7. The van der Waals surface area contributed by atoms with Crippen molar-refractivity contribution in [3.8, 4) is 0 Å². The quantitative estimate of drug-likeness (QED) is 0.0255. The monoisotopic (exact) mass is 941 g/mol. The van der Waals surface area contributed by atoms with Gasteiger partial charge in [-0.3, -0.25) is 28.8 Å². The fraction of sp³-hybridized carbons (Fsp3) is 0.860. The molecule has 0 aliphatic carbocycles. The zero-order valence-corrected chi connectivity index (χ0v) is 41.4. The fourth-order valence-electron chi connectivity index (χ4n) is 8.44. The van der Waals surface area contributed by atoms with E-state index in [9.17, 15) is 43.8 Å². The van der Waals surface area contributed by atoms with Gasteiger partial charge in [0.1, 0.15) is 12.1 Å². The van der Waals surface area contributed by atoms with Crippen LogP contribution in [0.5, 0.6) is 0 Å². The van der Waals surface area contributed by atoms with Gasteiger partial charge in [-0.2, -0.15) is 0 Å². The van der Waals surface area contributed by atoms with Gasteiger partial charge in [0.05, 0.1) is 12.7 Å². The molecule has 16 heteroatoms. The number of aliphatic carboxylic acids is 2. The third-order valence-electron chi connectivity index (χ3n) is 12.1. The van der Waals surface area contributed by atoms with E-state index in [0.717, 1.165) is 72.1 Å². The first kappa shape index (κ1) is 60.2. The van der Waals surface area contributed by atoms with Crippen LogP contribution in [0.1, 0.15) is 221 Å². The van der Waals surface area contributed by atoms with Gasteiger partial charge in [-0.05, 0) is 26.2 Å². The standard InChI is InChI=1S/C50H88N2O14/c1-7-9-11-13-15-17-19-21-23-25-27-29-31-40(32-30-28-26-24-22-20-18-16-14-12-10-8-2)47(58)52-42(48(59)51-41(49(60)61)33-34-43(56)57)35-62-50-46(66-39(6)55)45(65-38(5)54)44(36(3)63-50)64-37(4)53/h36,40-42,44-46,50H,7-35H2,1-6H3,(H,51,59)(H,52,58)(H,56,57)(H,60,61)/t36-,41-,42-,44+,45+,46-,50-/m0/s1. The largest absolute Gasteiger partial charge is 0.481 e. The van der Waals surface area contributed by atoms with E-state index < -0.39 is 110 Å². The number of ether oxygens (including phenoxy) is 5. The number of unbranched alkanes of at least 4 members (excludes halogenated alkanes) is 22. The molecule has 1 rings (SSSR count). The van der Waals surface area contributed by atoms with Crippen LogP contribution in [0, 0.1) is 5.92 Å². The summed E-state index contributed by atoms with van der Waals surface area (Å²) in [5, 5.41) is 24.2. The summed E-state index contributed by atoms with van der Waals surface area (Å²) >= 11 is 0. The maximum atomic E-state index is 14.2. The Hall–Kier alpha value is -3.79. The van der Waals surface area contributed by atoms with Crippen molar-refractivity contribution in [1.29, 1.82) is 0 Å². The van der Waals surface area contributed by atoms with Crippen LogP contribution in [-0.4, -0.2) is 101 Å². The Bertz CT molecular complexity index is 1370. The highest BCUT2D eigenvalue weighted by Crippen LogP contribution is 2.30. The minimum atomic E-state index is -1.59. The molecular weight excluding hydrogens is 853 g/mol. The maximum absolute atomic E-state index is 14.2. The van der Waals surface area contributed by atoms with Gasteiger partial charge in [-0.15, -0.1) is 0 Å². The van der Waals surface area contributed by atoms with Crippen LogP contribution in [-0.2, 0) is 57.2 Å². The van der Waals surface area contributed by atoms with Gasteiger partial charge in [0.25, 0.3) is 0 Å². The van der Waals surface area contributed by atoms with Crippen LogP contribution >= 0.6 is 0 Å². The number of carbonyl (C=O) groups is 7. The molecule has 0 aromatic rings. The molecule has 7 atom stereocenters. The lowest BCUT2D eigenvalue weighted by molar-refractivity contribution is -0.301. The molecule has 1 saturated heterocycles. The molecule has 0 saturated carbocycles. The van der Waals surface area contributed by atoms with Crippen molar-refractivity contribution in [2.45, 2.75) is 264 Å². The number of carbonyl (C=O) groups excluding carboxylic acids is 5. The number of hydrogen-bond donors (Lipinski definition) is 4. The lowest BCUT2D eigenvalue weighted by Crippen LogP contribution is -2.62. The Labute approximate surface area is 395 Å². The second-order valence-corrected chi connectivity index (χ2v) is 18.2. The van der Waals surface area contributed by atoms with E-state index in [1.54, 1.807) is 0 Å². The molecule has 382 valence electrons. The molecule has 1 aliphatic rings. The third kappa shape index (κ3) is 28.4. The average Bonchev–Trinajstić information content (AvgIpc) is 3.25. The summed E-state index contributed by atoms with van der Waals surface area (Å²) in [6.45, 7) is 8.72. The van der Waals surface area contributed by atoms with Gasteiger partial charge in [0.15, 0.2) is 24.6 Å². The molecular formula is C50H88N2O14. The van der Waals surface area contributed by atoms with E-state index in [1.807, 2.05) is 0 Å². The van der Waals surface area contributed by atoms with E-state index >= 15 is 0 Å². The van der Waals surface area contributed by atoms with Crippen LogP contribution in [0.2, 0.25) is 0 Å². The molecule has 0 spiro atoms. The summed E-state index contributed by atoms with van der Waals surface area (Å²) in [5.41, 5.74) is 0. The SMILES string of the molecule is CCCCCCCCCCCCCCC(CCCCCCCCCCCCCC)C(=O)N[C@@H](CO[C@H]1O[C@@H](C)[C@@H](OC(C)=O)[C@@H](OC(C)=O)[C@@H]1OC(C)=O)C(=O)N[C@@H](CCC(=O)O)C(=O)O. The average molecular weight is 941 g/mol. The van der Waals surface area contributed by atoms with Gasteiger partial charge >= 0.3 is 29.8 Å². The van der Waals surface area contributed by atoms with Gasteiger partial charge in [-0.1, -0.05) is 168 Å². The summed E-state index contributed by atoms with van der Waals surface area (Å²) in [6, 6.07) is -3.10. The van der Waals surface area contributed by atoms with Crippen molar-refractivity contribution >= 4 is 41.7 Å². The number of amides is 2. The van der Waals surface area contributed by atoms with Gasteiger partial charge in [-0.25, -0.2) is 4.79 Å². The zero-order valence-electron chi connectivity index (χ0n) is 41.4. The molecule has 1 heterocycles. The molecule has 0 aromatic heterocycles. The smallest absolute Gasteiger partial charge is 0.326 e. The molecule has 1 fully saturated rings. The molecule has 1 aliphatic heterocycles. The predicted octanol–water partition coefficient (Wildman–Crippen LogP) is 9.26. The Morgan fingerprint density at radius 1 is 0.500 bits per heavy atom. The minimum absolute atomic E-state index is 0.413. The molecule has 0 unspecified atom stereocenters. The van der Waals surface area contributed by atoms with Crippen molar-refractivity contribution in [1.82, 2.24) is 10.6 Å². The molecule has 4 N–H and O–H groups in total. The fourth-order valence-corrected chi connectivity index (χ4v) is 8.44. The summed E-state index contributed by atoms with van der Waals surface area (Å²) < 4.78 is 28.4. The van der Waals surface area contributed by atoms with E-state index in [4.69, 9.17) is 23.7 Å². The first-order valence-electron chi connectivity index (χ1n) is 25.4. The normalized spacial score (nSPS) is 19.1. The second kappa shape index (κ2) is 37.2. The Balaban J connectivity index is 3.22. The minimum Gasteiger partial charge on any atom is -0.481 e. The lowest BCUT2D eigenvalue weighted by atomic mass is 9.92. The predicted molar refractivity (Wildman–Crippen MR) is 250 cm³/mol. The number of nitrogens with one attached hydrogen (secondary N) is 2. The first-order valence-corrected chi connectivity index (χ1v) is 25.4. The molecule has 2 amide bonds. The van der Waals surface area contributed by atoms with Crippen LogP contribution in [0.15, 0.2) is 0 Å². The van der Waals surface area contributed by atoms with Crippen LogP contribution in [0.4, 0.5) is 0 Å². The highest BCUT2D eigenvalue weighted by Gasteiger charge is 2.51. The van der Waals surface area contributed by atoms with E-state index in [0.29, 0.717) is 12.8 Å². The Morgan fingerprint density at radius 2 is 0.879 bits per heavy atom. The maximum Gasteiger partial charge on any atom is 0.326 e. The van der Waals surface area contributed by atoms with E-state index in [2.05, 4.69) is 24.5 Å². The van der Waals surface area contributed by atoms with Crippen LogP contribution in [0.3, 0.4) is 0 Å². The second-order valence-electron chi connectivity index (χ2n) is 18.2. The number of esters is 3. The van der Waals surface area contributed by atoms with Crippen LogP contribution < -0.4 is 10.6 Å². The zero-order chi connectivity index (χ0) is 49.1. The molecule has 66 heavy (non-hydrogen) atoms. The van der Waals surface area contributed by atoms with E-state index in [1.165, 1.54) is 110 Å². The Morgan fingerprint density at radius 3 is 1.27 bits per heavy atom. The lowest BCUT2D eigenvalue weighted by Gasteiger charge is -2.43. The number of hydrogen-bond acceptors (Lipinski definition) is 12.